The lowest BCUT2D eigenvalue weighted by Crippen LogP contribution is -2.74. The van der Waals surface area contributed by atoms with Gasteiger partial charge in [0.05, 0.1) is 16.7 Å². The molecule has 9 rings (SSSR count). The molecule has 2 heterocycles. The molecule has 1 aliphatic heterocycles. The zero-order valence-electron chi connectivity index (χ0n) is 27.8. The molecule has 1 aliphatic rings. The average molecular weight is 679 g/mol. The largest absolute Gasteiger partial charge is 0.308 e. The normalized spacial score (nSPS) is 15.1. The van der Waals surface area contributed by atoms with E-state index < -0.39 is 15.2 Å². The Hall–Kier alpha value is -5.54. The van der Waals surface area contributed by atoms with Crippen molar-refractivity contribution in [2.75, 3.05) is 0 Å². The van der Waals surface area contributed by atoms with Crippen LogP contribution in [0.4, 0.5) is 0 Å². The molecule has 0 spiro atoms. The van der Waals surface area contributed by atoms with Crippen LogP contribution in [-0.4, -0.2) is 17.6 Å². The molecule has 240 valence electrons. The first-order chi connectivity index (χ1) is 24.6. The monoisotopic (exact) mass is 678 g/mol. The zero-order valence-corrected chi connectivity index (χ0v) is 29.7. The summed E-state index contributed by atoms with van der Waals surface area (Å²) in [6.45, 7) is 2.14. The van der Waals surface area contributed by atoms with E-state index in [-0.39, 0.29) is 0 Å². The van der Waals surface area contributed by atoms with E-state index in [4.69, 9.17) is 4.98 Å². The van der Waals surface area contributed by atoms with Crippen molar-refractivity contribution in [3.63, 3.8) is 0 Å². The fourth-order valence-corrected chi connectivity index (χ4v) is 15.8. The summed E-state index contributed by atoms with van der Waals surface area (Å²) < 4.78 is 17.8. The van der Waals surface area contributed by atoms with Crippen LogP contribution >= 0.6 is 7.14 Å². The summed E-state index contributed by atoms with van der Waals surface area (Å²) in [7, 11) is -5.79. The summed E-state index contributed by atoms with van der Waals surface area (Å²) in [4.78, 5) is 5.03. The fraction of sp³-hybridized carbons (Fsp3) is 0.0444. The van der Waals surface area contributed by atoms with Gasteiger partial charge in [-0.25, -0.2) is 4.98 Å². The van der Waals surface area contributed by atoms with Gasteiger partial charge in [0.2, 0.25) is 0 Å². The number of hydrogen-bond donors (Lipinski definition) is 0. The summed E-state index contributed by atoms with van der Waals surface area (Å²) in [5.74, 6) is 0.977. The highest BCUT2D eigenvalue weighted by Gasteiger charge is 2.42. The van der Waals surface area contributed by atoms with Gasteiger partial charge in [-0.1, -0.05) is 165 Å². The van der Waals surface area contributed by atoms with Gasteiger partial charge in [0.1, 0.15) is 5.82 Å². The SMILES string of the molecule is CCc1nc2cccc3c2n1-c1cc(-c2ccc([Si](c4ccccc4)(c4ccccc4)c4ccccc4)cc2)ccc1P3(=O)c1ccccc1. The number of rotatable bonds is 7. The molecule has 0 aliphatic carbocycles. The second kappa shape index (κ2) is 12.1. The molecule has 8 aromatic rings. The summed E-state index contributed by atoms with van der Waals surface area (Å²) in [6, 6.07) is 64.8. The Labute approximate surface area is 293 Å². The first-order valence-corrected chi connectivity index (χ1v) is 20.9. The molecule has 0 radical (unpaired) electrons. The molecule has 3 nitrogen and oxygen atoms in total. The van der Waals surface area contributed by atoms with E-state index in [0.717, 1.165) is 56.0 Å². The van der Waals surface area contributed by atoms with Gasteiger partial charge in [0.15, 0.2) is 15.2 Å². The van der Waals surface area contributed by atoms with E-state index in [9.17, 15) is 0 Å². The molecule has 1 unspecified atom stereocenters. The molecule has 0 saturated heterocycles. The molecular formula is C45H35N2OPSi. The van der Waals surface area contributed by atoms with Crippen LogP contribution in [0.5, 0.6) is 0 Å². The Morgan fingerprint density at radius 3 is 1.62 bits per heavy atom. The lowest BCUT2D eigenvalue weighted by molar-refractivity contribution is 0.592. The minimum atomic E-state index is -3.16. The van der Waals surface area contributed by atoms with Gasteiger partial charge >= 0.3 is 0 Å². The van der Waals surface area contributed by atoms with Gasteiger partial charge in [0.25, 0.3) is 0 Å². The van der Waals surface area contributed by atoms with E-state index in [0.29, 0.717) is 0 Å². The first-order valence-electron chi connectivity index (χ1n) is 17.2. The Kier molecular flexibility index (Phi) is 7.38. The van der Waals surface area contributed by atoms with E-state index in [1.807, 2.05) is 48.5 Å². The highest BCUT2D eigenvalue weighted by molar-refractivity contribution is 7.86. The average Bonchev–Trinajstić information content (AvgIpc) is 3.58. The van der Waals surface area contributed by atoms with Gasteiger partial charge in [-0.3, -0.25) is 4.57 Å². The third-order valence-corrected chi connectivity index (χ3v) is 18.2. The lowest BCUT2D eigenvalue weighted by atomic mass is 10.0. The number of benzene rings is 7. The number of aromatic nitrogens is 2. The van der Waals surface area contributed by atoms with Gasteiger partial charge < -0.3 is 4.57 Å². The number of hydrogen-bond acceptors (Lipinski definition) is 2. The molecule has 0 saturated carbocycles. The summed E-state index contributed by atoms with van der Waals surface area (Å²) in [5.41, 5.74) is 5.01. The maximum absolute atomic E-state index is 15.5. The molecule has 0 N–H and O–H groups in total. The molecule has 0 bridgehead atoms. The van der Waals surface area contributed by atoms with E-state index in [1.165, 1.54) is 20.7 Å². The van der Waals surface area contributed by atoms with Crippen LogP contribution in [0.2, 0.25) is 0 Å². The van der Waals surface area contributed by atoms with Crippen molar-refractivity contribution in [1.82, 2.24) is 9.55 Å². The molecule has 50 heavy (non-hydrogen) atoms. The molecular weight excluding hydrogens is 644 g/mol. The smallest absolute Gasteiger partial charge is 0.179 e. The van der Waals surface area contributed by atoms with Gasteiger partial charge in [-0.05, 0) is 56.1 Å². The Balaban J connectivity index is 1.24. The molecule has 0 amide bonds. The van der Waals surface area contributed by atoms with E-state index in [2.05, 4.69) is 145 Å². The van der Waals surface area contributed by atoms with Gasteiger partial charge in [-0.15, -0.1) is 0 Å². The van der Waals surface area contributed by atoms with Crippen LogP contribution in [0.3, 0.4) is 0 Å². The van der Waals surface area contributed by atoms with Crippen molar-refractivity contribution in [1.29, 1.82) is 0 Å². The minimum Gasteiger partial charge on any atom is -0.308 e. The minimum absolute atomic E-state index is 0.771. The quantitative estimate of drug-likeness (QED) is 0.108. The first kappa shape index (κ1) is 30.5. The van der Waals surface area contributed by atoms with Crippen molar-refractivity contribution in [2.45, 2.75) is 13.3 Å². The number of para-hydroxylation sites is 1. The van der Waals surface area contributed by atoms with Gasteiger partial charge in [0, 0.05) is 22.3 Å². The standard InChI is InChI=1S/C45H35N2OPSi/c1-2-44-46-40-24-15-25-43-45(40)47(44)41-32-34(28-31-42(41)49(43,48)35-16-7-3-8-17-35)33-26-29-39(30-27-33)50(36-18-9-4-10-19-36,37-20-11-5-12-21-37)38-22-13-6-14-23-38/h3-32H,2H2,1H3. The van der Waals surface area contributed by atoms with Crippen LogP contribution < -0.4 is 36.7 Å². The Morgan fingerprint density at radius 1 is 0.540 bits per heavy atom. The molecule has 0 fully saturated rings. The summed E-state index contributed by atoms with van der Waals surface area (Å²) in [5, 5.41) is 7.96. The van der Waals surface area contributed by atoms with Crippen LogP contribution in [0, 0.1) is 0 Å². The van der Waals surface area contributed by atoms with Crippen molar-refractivity contribution in [3.05, 3.63) is 188 Å². The van der Waals surface area contributed by atoms with Crippen molar-refractivity contribution in [2.24, 2.45) is 0 Å². The Morgan fingerprint density at radius 2 is 1.06 bits per heavy atom. The van der Waals surface area contributed by atoms with Gasteiger partial charge in [-0.2, -0.15) is 0 Å². The third-order valence-electron chi connectivity index (χ3n) is 10.3. The Bertz CT molecular complexity index is 2430. The maximum Gasteiger partial charge on any atom is 0.179 e. The van der Waals surface area contributed by atoms with Crippen molar-refractivity contribution in [3.8, 4) is 16.8 Å². The predicted molar refractivity (Wildman–Crippen MR) is 212 cm³/mol. The summed E-state index contributed by atoms with van der Waals surface area (Å²) in [6.07, 6.45) is 0.771. The molecule has 5 heteroatoms. The van der Waals surface area contributed by atoms with E-state index >= 15 is 4.57 Å². The third kappa shape index (κ3) is 4.49. The van der Waals surface area contributed by atoms with Crippen molar-refractivity contribution < 1.29 is 4.57 Å². The highest BCUT2D eigenvalue weighted by atomic mass is 31.2. The molecule has 1 atom stereocenters. The fourth-order valence-electron chi connectivity index (χ4n) is 8.08. The highest BCUT2D eigenvalue weighted by Crippen LogP contribution is 2.49. The predicted octanol–water partition coefficient (Wildman–Crippen LogP) is 6.59. The van der Waals surface area contributed by atoms with Crippen LogP contribution in [-0.2, 0) is 11.0 Å². The summed E-state index contributed by atoms with van der Waals surface area (Å²) >= 11 is 0. The number of fused-ring (bicyclic) bond motifs is 2. The number of nitrogens with zero attached hydrogens (tertiary/aromatic N) is 2. The van der Waals surface area contributed by atoms with Crippen LogP contribution in [0.25, 0.3) is 27.8 Å². The second-order valence-corrected chi connectivity index (χ2v) is 19.4. The number of imidazole rings is 1. The van der Waals surface area contributed by atoms with E-state index in [1.54, 1.807) is 0 Å². The van der Waals surface area contributed by atoms with Crippen LogP contribution in [0.1, 0.15) is 12.7 Å². The molecule has 1 aromatic heterocycles. The molecule has 7 aromatic carbocycles. The maximum atomic E-state index is 15.5. The second-order valence-electron chi connectivity index (χ2n) is 12.9. The lowest BCUT2D eigenvalue weighted by Gasteiger charge is -2.34. The van der Waals surface area contributed by atoms with Crippen LogP contribution in [0.15, 0.2) is 182 Å². The number of aryl methyl sites for hydroxylation is 1. The zero-order chi connectivity index (χ0) is 33.7. The van der Waals surface area contributed by atoms with Crippen molar-refractivity contribution >= 4 is 62.9 Å². The topological polar surface area (TPSA) is 34.9 Å².